The van der Waals surface area contributed by atoms with Crippen LogP contribution in [-0.4, -0.2) is 15.8 Å². The average molecular weight is 255 g/mol. The van der Waals surface area contributed by atoms with Crippen LogP contribution in [-0.2, 0) is 19.4 Å². The van der Waals surface area contributed by atoms with Crippen LogP contribution in [0.15, 0.2) is 30.6 Å². The van der Waals surface area contributed by atoms with E-state index in [2.05, 4.69) is 48.7 Å². The molecule has 0 amide bonds. The maximum absolute atomic E-state index is 4.33. The van der Waals surface area contributed by atoms with Gasteiger partial charge in [0, 0.05) is 30.9 Å². The molecule has 19 heavy (non-hydrogen) atoms. The van der Waals surface area contributed by atoms with Gasteiger partial charge >= 0.3 is 0 Å². The molecule has 1 aliphatic rings. The Morgan fingerprint density at radius 3 is 3.05 bits per heavy atom. The molecule has 0 bridgehead atoms. The van der Waals surface area contributed by atoms with Gasteiger partial charge in [0.15, 0.2) is 0 Å². The van der Waals surface area contributed by atoms with Gasteiger partial charge in [0.1, 0.15) is 0 Å². The van der Waals surface area contributed by atoms with Crippen molar-refractivity contribution in [1.29, 1.82) is 0 Å². The fraction of sp³-hybridized carbons (Fsp3) is 0.438. The van der Waals surface area contributed by atoms with Crippen molar-refractivity contribution in [3.8, 4) is 0 Å². The van der Waals surface area contributed by atoms with Gasteiger partial charge in [-0.25, -0.2) is 0 Å². The van der Waals surface area contributed by atoms with Crippen molar-refractivity contribution >= 4 is 5.69 Å². The molecule has 0 aliphatic carbocycles. The second-order valence-electron chi connectivity index (χ2n) is 5.46. The first-order chi connectivity index (χ1) is 9.24. The zero-order valence-electron chi connectivity index (χ0n) is 11.7. The number of nitrogens with one attached hydrogen (secondary N) is 1. The fourth-order valence-electron chi connectivity index (χ4n) is 2.72. The number of hydrogen-bond donors (Lipinski definition) is 1. The molecule has 1 unspecified atom stereocenters. The Labute approximate surface area is 114 Å². The molecule has 100 valence electrons. The van der Waals surface area contributed by atoms with Crippen molar-refractivity contribution in [3.05, 3.63) is 47.3 Å². The number of fused-ring (bicyclic) bond motifs is 1. The molecule has 1 atom stereocenters. The molecule has 2 heterocycles. The minimum absolute atomic E-state index is 0.598. The van der Waals surface area contributed by atoms with Gasteiger partial charge in [-0.05, 0) is 49.4 Å². The van der Waals surface area contributed by atoms with Crippen molar-refractivity contribution in [2.45, 2.75) is 45.7 Å². The number of rotatable bonds is 3. The van der Waals surface area contributed by atoms with Gasteiger partial charge < -0.3 is 5.32 Å². The molecule has 0 spiro atoms. The third-order valence-electron chi connectivity index (χ3n) is 3.84. The van der Waals surface area contributed by atoms with E-state index in [4.69, 9.17) is 0 Å². The summed E-state index contributed by atoms with van der Waals surface area (Å²) < 4.78 is 1.98. The second kappa shape index (κ2) is 5.08. The predicted octanol–water partition coefficient (Wildman–Crippen LogP) is 3.24. The summed E-state index contributed by atoms with van der Waals surface area (Å²) in [6.45, 7) is 5.30. The van der Waals surface area contributed by atoms with Crippen LogP contribution in [0.3, 0.4) is 0 Å². The first-order valence-corrected chi connectivity index (χ1v) is 7.14. The highest BCUT2D eigenvalue weighted by atomic mass is 15.3. The van der Waals surface area contributed by atoms with E-state index in [0.29, 0.717) is 6.04 Å². The Hall–Kier alpha value is -1.77. The van der Waals surface area contributed by atoms with Crippen molar-refractivity contribution < 1.29 is 0 Å². The summed E-state index contributed by atoms with van der Waals surface area (Å²) >= 11 is 0. The maximum atomic E-state index is 4.33. The van der Waals surface area contributed by atoms with Crippen molar-refractivity contribution in [2.24, 2.45) is 0 Å². The van der Waals surface area contributed by atoms with E-state index in [-0.39, 0.29) is 0 Å². The highest BCUT2D eigenvalue weighted by Crippen LogP contribution is 2.26. The topological polar surface area (TPSA) is 29.9 Å². The Bertz CT molecular complexity index is 571. The van der Waals surface area contributed by atoms with Crippen molar-refractivity contribution in [1.82, 2.24) is 9.78 Å². The molecule has 1 N–H and O–H groups in total. The monoisotopic (exact) mass is 255 g/mol. The lowest BCUT2D eigenvalue weighted by atomic mass is 9.95. The zero-order valence-corrected chi connectivity index (χ0v) is 11.7. The number of benzene rings is 1. The van der Waals surface area contributed by atoms with E-state index in [1.165, 1.54) is 35.2 Å². The smallest absolute Gasteiger partial charge is 0.0525 e. The molecular formula is C16H21N3. The first kappa shape index (κ1) is 12.3. The van der Waals surface area contributed by atoms with Crippen LogP contribution in [0.4, 0.5) is 5.69 Å². The van der Waals surface area contributed by atoms with E-state index >= 15 is 0 Å². The molecular weight excluding hydrogens is 234 g/mol. The molecule has 3 heteroatoms. The molecule has 2 aromatic rings. The van der Waals surface area contributed by atoms with Gasteiger partial charge in [0.25, 0.3) is 0 Å². The normalized spacial score (nSPS) is 17.9. The zero-order chi connectivity index (χ0) is 13.2. The molecule has 0 fully saturated rings. The first-order valence-electron chi connectivity index (χ1n) is 7.14. The van der Waals surface area contributed by atoms with Gasteiger partial charge in [-0.3, -0.25) is 4.68 Å². The molecule has 0 saturated heterocycles. The molecule has 0 saturated carbocycles. The number of aromatic nitrogens is 2. The second-order valence-corrected chi connectivity index (χ2v) is 5.46. The predicted molar refractivity (Wildman–Crippen MR) is 78.6 cm³/mol. The summed E-state index contributed by atoms with van der Waals surface area (Å²) in [5, 5.41) is 7.88. The van der Waals surface area contributed by atoms with E-state index in [9.17, 15) is 0 Å². The van der Waals surface area contributed by atoms with Crippen LogP contribution in [0.5, 0.6) is 0 Å². The molecule has 3 nitrogen and oxygen atoms in total. The van der Waals surface area contributed by atoms with E-state index in [1.807, 2.05) is 10.9 Å². The number of aryl methyl sites for hydroxylation is 2. The van der Waals surface area contributed by atoms with Crippen molar-refractivity contribution in [3.63, 3.8) is 0 Å². The highest BCUT2D eigenvalue weighted by Gasteiger charge is 2.14. The Kier molecular flexibility index (Phi) is 3.28. The van der Waals surface area contributed by atoms with Crippen molar-refractivity contribution in [2.75, 3.05) is 5.32 Å². The summed E-state index contributed by atoms with van der Waals surface area (Å²) in [5.41, 5.74) is 5.44. The number of nitrogens with zero attached hydrogens (tertiary/aromatic N) is 2. The van der Waals surface area contributed by atoms with Gasteiger partial charge in [-0.15, -0.1) is 0 Å². The summed E-state index contributed by atoms with van der Waals surface area (Å²) in [7, 11) is 0. The SMILES string of the molecule is CCn1cc(Cc2ccc3c(c2)CCC(C)N3)cn1. The van der Waals surface area contributed by atoms with E-state index in [1.54, 1.807) is 0 Å². The molecule has 0 radical (unpaired) electrons. The summed E-state index contributed by atoms with van der Waals surface area (Å²) in [6.07, 6.45) is 7.50. The standard InChI is InChI=1S/C16H21N3/c1-3-19-11-14(10-17-19)8-13-5-7-16-15(9-13)6-4-12(2)18-16/h5,7,9-12,18H,3-4,6,8H2,1-2H3. The van der Waals surface area contributed by atoms with Gasteiger partial charge in [-0.2, -0.15) is 5.10 Å². The fourth-order valence-corrected chi connectivity index (χ4v) is 2.72. The van der Waals surface area contributed by atoms with Crippen LogP contribution >= 0.6 is 0 Å². The number of hydrogen-bond acceptors (Lipinski definition) is 2. The third-order valence-corrected chi connectivity index (χ3v) is 3.84. The number of anilines is 1. The highest BCUT2D eigenvalue weighted by molar-refractivity contribution is 5.55. The quantitative estimate of drug-likeness (QED) is 0.912. The van der Waals surface area contributed by atoms with Crippen LogP contribution < -0.4 is 5.32 Å². The van der Waals surface area contributed by atoms with Crippen LogP contribution in [0.1, 0.15) is 37.0 Å². The Morgan fingerprint density at radius 1 is 1.37 bits per heavy atom. The third kappa shape index (κ3) is 2.65. The largest absolute Gasteiger partial charge is 0.382 e. The minimum atomic E-state index is 0.598. The lowest BCUT2D eigenvalue weighted by molar-refractivity contribution is 0.659. The van der Waals surface area contributed by atoms with E-state index in [0.717, 1.165) is 13.0 Å². The van der Waals surface area contributed by atoms with Gasteiger partial charge in [0.2, 0.25) is 0 Å². The molecule has 1 aromatic heterocycles. The summed E-state index contributed by atoms with van der Waals surface area (Å²) in [5.74, 6) is 0. The average Bonchev–Trinajstić information content (AvgIpc) is 2.86. The summed E-state index contributed by atoms with van der Waals surface area (Å²) in [6, 6.07) is 7.40. The lowest BCUT2D eigenvalue weighted by Gasteiger charge is -2.24. The maximum Gasteiger partial charge on any atom is 0.0525 e. The summed E-state index contributed by atoms with van der Waals surface area (Å²) in [4.78, 5) is 0. The van der Waals surface area contributed by atoms with E-state index < -0.39 is 0 Å². The van der Waals surface area contributed by atoms with Crippen LogP contribution in [0.2, 0.25) is 0 Å². The molecule has 1 aromatic carbocycles. The van der Waals surface area contributed by atoms with Gasteiger partial charge in [0.05, 0.1) is 6.20 Å². The molecule has 1 aliphatic heterocycles. The lowest BCUT2D eigenvalue weighted by Crippen LogP contribution is -2.21. The van der Waals surface area contributed by atoms with Crippen LogP contribution in [0.25, 0.3) is 0 Å². The Balaban J connectivity index is 1.78. The Morgan fingerprint density at radius 2 is 2.26 bits per heavy atom. The van der Waals surface area contributed by atoms with Gasteiger partial charge in [-0.1, -0.05) is 12.1 Å². The molecule has 3 rings (SSSR count). The van der Waals surface area contributed by atoms with Crippen LogP contribution in [0, 0.1) is 0 Å². The minimum Gasteiger partial charge on any atom is -0.382 e.